The minimum atomic E-state index is -0.588. The number of fused-ring (bicyclic) bond motifs is 1. The maximum Gasteiger partial charge on any atom is 0.337 e. The van der Waals surface area contributed by atoms with E-state index in [9.17, 15) is 9.59 Å². The van der Waals surface area contributed by atoms with Gasteiger partial charge in [-0.25, -0.2) is 4.79 Å². The minimum absolute atomic E-state index is 0.162. The lowest BCUT2D eigenvalue weighted by atomic mass is 10.1. The molecule has 0 N–H and O–H groups in total. The van der Waals surface area contributed by atoms with Crippen molar-refractivity contribution in [3.63, 3.8) is 0 Å². The van der Waals surface area contributed by atoms with Crippen LogP contribution in [0.2, 0.25) is 0 Å². The molecule has 1 heterocycles. The maximum absolute atomic E-state index is 12.6. The summed E-state index contributed by atoms with van der Waals surface area (Å²) in [5, 5.41) is 0. The first-order chi connectivity index (χ1) is 12.0. The van der Waals surface area contributed by atoms with Crippen molar-refractivity contribution in [3.8, 4) is 11.5 Å². The predicted octanol–water partition coefficient (Wildman–Crippen LogP) is 2.80. The Morgan fingerprint density at radius 2 is 1.88 bits per heavy atom. The molecule has 130 valence electrons. The van der Waals surface area contributed by atoms with Gasteiger partial charge in [-0.15, -0.1) is 0 Å². The Labute approximate surface area is 145 Å². The number of anilines is 1. The fourth-order valence-electron chi connectivity index (χ4n) is 2.73. The van der Waals surface area contributed by atoms with Gasteiger partial charge < -0.3 is 19.1 Å². The number of benzene rings is 2. The van der Waals surface area contributed by atoms with Gasteiger partial charge in [0.25, 0.3) is 5.91 Å². The predicted molar refractivity (Wildman–Crippen MR) is 92.1 cm³/mol. The fourth-order valence-corrected chi connectivity index (χ4v) is 2.73. The quantitative estimate of drug-likeness (QED) is 0.800. The summed E-state index contributed by atoms with van der Waals surface area (Å²) < 4.78 is 15.6. The summed E-state index contributed by atoms with van der Waals surface area (Å²) >= 11 is 0. The summed E-state index contributed by atoms with van der Waals surface area (Å²) in [5.41, 5.74) is 1.87. The first kappa shape index (κ1) is 16.8. The van der Waals surface area contributed by atoms with E-state index in [1.165, 1.54) is 7.11 Å². The molecule has 0 aliphatic carbocycles. The van der Waals surface area contributed by atoms with Gasteiger partial charge in [0.1, 0.15) is 11.5 Å². The molecule has 0 saturated carbocycles. The molecule has 1 unspecified atom stereocenters. The lowest BCUT2D eigenvalue weighted by molar-refractivity contribution is -0.125. The molecule has 0 radical (unpaired) electrons. The molecule has 2 aromatic carbocycles. The van der Waals surface area contributed by atoms with Crippen LogP contribution in [0.25, 0.3) is 0 Å². The van der Waals surface area contributed by atoms with Crippen molar-refractivity contribution < 1.29 is 23.8 Å². The third kappa shape index (κ3) is 3.28. The number of carbonyl (C=O) groups is 2. The van der Waals surface area contributed by atoms with Gasteiger partial charge >= 0.3 is 5.97 Å². The third-order valence-corrected chi connectivity index (χ3v) is 4.09. The molecule has 25 heavy (non-hydrogen) atoms. The second-order valence-corrected chi connectivity index (χ2v) is 5.71. The van der Waals surface area contributed by atoms with E-state index in [1.807, 2.05) is 24.3 Å². The molecule has 0 spiro atoms. The van der Waals surface area contributed by atoms with Crippen LogP contribution in [-0.2, 0) is 16.1 Å². The molecular formula is C19H19NO5. The molecule has 0 aromatic heterocycles. The SMILES string of the molecule is COC(=O)c1ccc2c(c1)N(Cc1ccc(OC)cc1)C(=O)C(C)O2. The van der Waals surface area contributed by atoms with Gasteiger partial charge in [0.2, 0.25) is 0 Å². The van der Waals surface area contributed by atoms with Gasteiger partial charge in [-0.1, -0.05) is 12.1 Å². The normalized spacial score (nSPS) is 16.0. The van der Waals surface area contributed by atoms with Crippen molar-refractivity contribution >= 4 is 17.6 Å². The number of ether oxygens (including phenoxy) is 3. The van der Waals surface area contributed by atoms with Crippen molar-refractivity contribution in [2.45, 2.75) is 19.6 Å². The summed E-state index contributed by atoms with van der Waals surface area (Å²) in [4.78, 5) is 26.0. The molecule has 6 heteroatoms. The maximum atomic E-state index is 12.6. The number of amides is 1. The van der Waals surface area contributed by atoms with Crippen molar-refractivity contribution in [1.82, 2.24) is 0 Å². The highest BCUT2D eigenvalue weighted by Gasteiger charge is 2.32. The van der Waals surface area contributed by atoms with E-state index in [4.69, 9.17) is 14.2 Å². The van der Waals surface area contributed by atoms with Crippen LogP contribution in [0.15, 0.2) is 42.5 Å². The topological polar surface area (TPSA) is 65.1 Å². The van der Waals surface area contributed by atoms with Crippen molar-refractivity contribution in [3.05, 3.63) is 53.6 Å². The molecule has 1 aliphatic rings. The number of hydrogen-bond donors (Lipinski definition) is 0. The van der Waals surface area contributed by atoms with Gasteiger partial charge in [-0.05, 0) is 42.8 Å². The monoisotopic (exact) mass is 341 g/mol. The lowest BCUT2D eigenvalue weighted by Gasteiger charge is -2.33. The Bertz CT molecular complexity index is 800. The molecule has 2 aromatic rings. The molecule has 6 nitrogen and oxygen atoms in total. The molecular weight excluding hydrogens is 322 g/mol. The lowest BCUT2D eigenvalue weighted by Crippen LogP contribution is -2.44. The summed E-state index contributed by atoms with van der Waals surface area (Å²) in [5.74, 6) is 0.690. The second kappa shape index (κ2) is 6.84. The number of carbonyl (C=O) groups excluding carboxylic acids is 2. The molecule has 0 saturated heterocycles. The molecule has 1 amide bonds. The van der Waals surface area contributed by atoms with Crippen LogP contribution in [0.1, 0.15) is 22.8 Å². The summed E-state index contributed by atoms with van der Waals surface area (Å²) in [6, 6.07) is 12.4. The fraction of sp³-hybridized carbons (Fsp3) is 0.263. The van der Waals surface area contributed by atoms with Crippen LogP contribution in [0, 0.1) is 0 Å². The standard InChI is InChI=1S/C19H19NO5/c1-12-18(21)20(11-13-4-7-15(23-2)8-5-13)16-10-14(19(22)24-3)6-9-17(16)25-12/h4-10,12H,11H2,1-3H3. The number of rotatable bonds is 4. The highest BCUT2D eigenvalue weighted by molar-refractivity contribution is 6.01. The van der Waals surface area contributed by atoms with E-state index >= 15 is 0 Å². The van der Waals surface area contributed by atoms with Crippen molar-refractivity contribution in [2.75, 3.05) is 19.1 Å². The third-order valence-electron chi connectivity index (χ3n) is 4.09. The molecule has 0 fully saturated rings. The number of methoxy groups -OCH3 is 2. The number of nitrogens with zero attached hydrogens (tertiary/aromatic N) is 1. The van der Waals surface area contributed by atoms with Gasteiger partial charge in [0, 0.05) is 0 Å². The van der Waals surface area contributed by atoms with Crippen LogP contribution in [0.5, 0.6) is 11.5 Å². The number of hydrogen-bond acceptors (Lipinski definition) is 5. The zero-order chi connectivity index (χ0) is 18.0. The zero-order valence-corrected chi connectivity index (χ0v) is 14.3. The Hall–Kier alpha value is -3.02. The Morgan fingerprint density at radius 1 is 1.16 bits per heavy atom. The molecule has 1 aliphatic heterocycles. The second-order valence-electron chi connectivity index (χ2n) is 5.71. The van der Waals surface area contributed by atoms with E-state index in [0.29, 0.717) is 23.5 Å². The average molecular weight is 341 g/mol. The zero-order valence-electron chi connectivity index (χ0n) is 14.3. The van der Waals surface area contributed by atoms with Crippen molar-refractivity contribution in [2.24, 2.45) is 0 Å². The van der Waals surface area contributed by atoms with Gasteiger partial charge in [0.15, 0.2) is 6.10 Å². The Morgan fingerprint density at radius 3 is 2.52 bits per heavy atom. The van der Waals surface area contributed by atoms with E-state index in [2.05, 4.69) is 0 Å². The van der Waals surface area contributed by atoms with Crippen molar-refractivity contribution in [1.29, 1.82) is 0 Å². The van der Waals surface area contributed by atoms with E-state index in [-0.39, 0.29) is 5.91 Å². The first-order valence-electron chi connectivity index (χ1n) is 7.87. The van der Waals surface area contributed by atoms with Crippen LogP contribution in [-0.4, -0.2) is 32.2 Å². The van der Waals surface area contributed by atoms with E-state index < -0.39 is 12.1 Å². The first-order valence-corrected chi connectivity index (χ1v) is 7.87. The van der Waals surface area contributed by atoms with Crippen LogP contribution < -0.4 is 14.4 Å². The average Bonchev–Trinajstić information content (AvgIpc) is 2.65. The smallest absolute Gasteiger partial charge is 0.337 e. The molecule has 3 rings (SSSR count). The summed E-state index contributed by atoms with van der Waals surface area (Å²) in [6.45, 7) is 2.08. The summed E-state index contributed by atoms with van der Waals surface area (Å²) in [6.07, 6.45) is -0.588. The summed E-state index contributed by atoms with van der Waals surface area (Å²) in [7, 11) is 2.92. The molecule has 0 bridgehead atoms. The van der Waals surface area contributed by atoms with Crippen LogP contribution in [0.3, 0.4) is 0 Å². The van der Waals surface area contributed by atoms with Crippen LogP contribution >= 0.6 is 0 Å². The highest BCUT2D eigenvalue weighted by atomic mass is 16.5. The Kier molecular flexibility index (Phi) is 4.61. The molecule has 1 atom stereocenters. The van der Waals surface area contributed by atoms with E-state index in [0.717, 1.165) is 11.3 Å². The van der Waals surface area contributed by atoms with Crippen LogP contribution in [0.4, 0.5) is 5.69 Å². The van der Waals surface area contributed by atoms with Gasteiger partial charge in [-0.2, -0.15) is 0 Å². The Balaban J connectivity index is 1.97. The van der Waals surface area contributed by atoms with Gasteiger partial charge in [-0.3, -0.25) is 4.79 Å². The largest absolute Gasteiger partial charge is 0.497 e. The minimum Gasteiger partial charge on any atom is -0.497 e. The van der Waals surface area contributed by atoms with E-state index in [1.54, 1.807) is 37.1 Å². The highest BCUT2D eigenvalue weighted by Crippen LogP contribution is 2.36. The number of esters is 1. The van der Waals surface area contributed by atoms with Gasteiger partial charge in [0.05, 0.1) is 32.0 Å².